The zero-order valence-corrected chi connectivity index (χ0v) is 12.2. The number of carbonyl (C=O) groups excluding carboxylic acids is 2. The molecule has 1 aromatic rings. The summed E-state index contributed by atoms with van der Waals surface area (Å²) in [5.74, 6) is -0.480. The van der Waals surface area contributed by atoms with Crippen LogP contribution in [0.15, 0.2) is 30.3 Å². The van der Waals surface area contributed by atoms with Gasteiger partial charge in [0.15, 0.2) is 0 Å². The summed E-state index contributed by atoms with van der Waals surface area (Å²) >= 11 is 0. The van der Waals surface area contributed by atoms with Gasteiger partial charge in [0.1, 0.15) is 6.04 Å². The number of carbonyl (C=O) groups is 2. The van der Waals surface area contributed by atoms with Gasteiger partial charge in [-0.05, 0) is 18.4 Å². The van der Waals surface area contributed by atoms with Crippen molar-refractivity contribution in [3.8, 4) is 0 Å². The van der Waals surface area contributed by atoms with E-state index in [9.17, 15) is 9.59 Å². The largest absolute Gasteiger partial charge is 0.467 e. The van der Waals surface area contributed by atoms with Crippen molar-refractivity contribution in [3.05, 3.63) is 35.9 Å². The van der Waals surface area contributed by atoms with Gasteiger partial charge in [0.25, 0.3) is 0 Å². The molecule has 1 aromatic carbocycles. The van der Waals surface area contributed by atoms with Gasteiger partial charge < -0.3 is 10.1 Å². The SMILES string of the molecule is CCCC[C@H](NC(=O)CCc1ccccc1)C(=O)OC. The van der Waals surface area contributed by atoms with E-state index in [-0.39, 0.29) is 11.9 Å². The zero-order chi connectivity index (χ0) is 14.8. The number of hydrogen-bond donors (Lipinski definition) is 1. The molecule has 0 aliphatic rings. The smallest absolute Gasteiger partial charge is 0.328 e. The van der Waals surface area contributed by atoms with Crippen LogP contribution >= 0.6 is 0 Å². The van der Waals surface area contributed by atoms with Crippen LogP contribution in [0.2, 0.25) is 0 Å². The maximum atomic E-state index is 11.9. The van der Waals surface area contributed by atoms with Crippen LogP contribution < -0.4 is 5.32 Å². The number of unbranched alkanes of at least 4 members (excludes halogenated alkanes) is 1. The van der Waals surface area contributed by atoms with Gasteiger partial charge in [-0.15, -0.1) is 0 Å². The predicted octanol–water partition coefficient (Wildman–Crippen LogP) is 2.47. The molecule has 0 aliphatic heterocycles. The molecule has 0 unspecified atom stereocenters. The standard InChI is InChI=1S/C16H23NO3/c1-3-4-10-14(16(19)20-2)17-15(18)12-11-13-8-6-5-7-9-13/h5-9,14H,3-4,10-12H2,1-2H3,(H,17,18)/t14-/m0/s1. The molecule has 0 bridgehead atoms. The second-order valence-electron chi connectivity index (χ2n) is 4.77. The molecule has 0 fully saturated rings. The van der Waals surface area contributed by atoms with Crippen LogP contribution in [0.5, 0.6) is 0 Å². The minimum Gasteiger partial charge on any atom is -0.467 e. The fourth-order valence-electron chi connectivity index (χ4n) is 1.97. The van der Waals surface area contributed by atoms with E-state index in [1.165, 1.54) is 7.11 Å². The van der Waals surface area contributed by atoms with Gasteiger partial charge in [-0.1, -0.05) is 50.1 Å². The fraction of sp³-hybridized carbons (Fsp3) is 0.500. The molecule has 0 radical (unpaired) electrons. The van der Waals surface area contributed by atoms with Gasteiger partial charge in [-0.25, -0.2) is 4.79 Å². The molecule has 1 N–H and O–H groups in total. The summed E-state index contributed by atoms with van der Waals surface area (Å²) in [4.78, 5) is 23.5. The Hall–Kier alpha value is -1.84. The lowest BCUT2D eigenvalue weighted by molar-refractivity contribution is -0.145. The van der Waals surface area contributed by atoms with Crippen molar-refractivity contribution in [2.75, 3.05) is 7.11 Å². The second-order valence-corrected chi connectivity index (χ2v) is 4.77. The number of aryl methyl sites for hydroxylation is 1. The highest BCUT2D eigenvalue weighted by Crippen LogP contribution is 2.05. The van der Waals surface area contributed by atoms with E-state index < -0.39 is 6.04 Å². The Bertz CT molecular complexity index is 417. The fourth-order valence-corrected chi connectivity index (χ4v) is 1.97. The third kappa shape index (κ3) is 5.87. The van der Waals surface area contributed by atoms with E-state index in [0.717, 1.165) is 18.4 Å². The Kier molecular flexibility index (Phi) is 7.40. The monoisotopic (exact) mass is 277 g/mol. The van der Waals surface area contributed by atoms with Crippen molar-refractivity contribution in [3.63, 3.8) is 0 Å². The molecular weight excluding hydrogens is 254 g/mol. The summed E-state index contributed by atoms with van der Waals surface area (Å²) in [5.41, 5.74) is 1.12. The molecule has 4 heteroatoms. The quantitative estimate of drug-likeness (QED) is 0.743. The molecule has 4 nitrogen and oxygen atoms in total. The van der Waals surface area contributed by atoms with Crippen molar-refractivity contribution in [2.24, 2.45) is 0 Å². The van der Waals surface area contributed by atoms with Crippen LogP contribution in [0.1, 0.15) is 38.2 Å². The molecule has 0 saturated heterocycles. The average Bonchev–Trinajstić information content (AvgIpc) is 2.49. The van der Waals surface area contributed by atoms with Gasteiger partial charge >= 0.3 is 5.97 Å². The summed E-state index contributed by atoms with van der Waals surface area (Å²) < 4.78 is 4.72. The van der Waals surface area contributed by atoms with Crippen LogP contribution in [0.3, 0.4) is 0 Å². The lowest BCUT2D eigenvalue weighted by Gasteiger charge is -2.16. The van der Waals surface area contributed by atoms with Crippen molar-refractivity contribution in [2.45, 2.75) is 45.1 Å². The first kappa shape index (κ1) is 16.2. The topological polar surface area (TPSA) is 55.4 Å². The van der Waals surface area contributed by atoms with Gasteiger partial charge in [-0.3, -0.25) is 4.79 Å². The first-order valence-electron chi connectivity index (χ1n) is 7.08. The maximum Gasteiger partial charge on any atom is 0.328 e. The van der Waals surface area contributed by atoms with Crippen molar-refractivity contribution < 1.29 is 14.3 Å². The van der Waals surface area contributed by atoms with Crippen molar-refractivity contribution in [1.29, 1.82) is 0 Å². The molecule has 1 amide bonds. The first-order valence-corrected chi connectivity index (χ1v) is 7.08. The molecule has 0 aliphatic carbocycles. The van der Waals surface area contributed by atoms with E-state index in [4.69, 9.17) is 4.74 Å². The summed E-state index contributed by atoms with van der Waals surface area (Å²) in [5, 5.41) is 2.76. The second kappa shape index (κ2) is 9.13. The molecule has 110 valence electrons. The number of hydrogen-bond acceptors (Lipinski definition) is 3. The lowest BCUT2D eigenvalue weighted by Crippen LogP contribution is -2.41. The van der Waals surface area contributed by atoms with Crippen molar-refractivity contribution in [1.82, 2.24) is 5.32 Å². The summed E-state index contributed by atoms with van der Waals surface area (Å²) in [6, 6.07) is 9.30. The van der Waals surface area contributed by atoms with Crippen LogP contribution in [0, 0.1) is 0 Å². The Morgan fingerprint density at radius 3 is 2.55 bits per heavy atom. The van der Waals surface area contributed by atoms with Crippen LogP contribution in [0.25, 0.3) is 0 Å². The number of nitrogens with one attached hydrogen (secondary N) is 1. The summed E-state index contributed by atoms with van der Waals surface area (Å²) in [6.07, 6.45) is 3.55. The molecule has 1 rings (SSSR count). The van der Waals surface area contributed by atoms with E-state index in [1.54, 1.807) is 0 Å². The molecule has 0 saturated carbocycles. The van der Waals surface area contributed by atoms with Crippen LogP contribution in [-0.2, 0) is 20.7 Å². The normalized spacial score (nSPS) is 11.7. The minimum absolute atomic E-state index is 0.111. The molecular formula is C16H23NO3. The van der Waals surface area contributed by atoms with E-state index >= 15 is 0 Å². The Balaban J connectivity index is 2.43. The van der Waals surface area contributed by atoms with Gasteiger partial charge in [0.2, 0.25) is 5.91 Å². The molecule has 1 atom stereocenters. The van der Waals surface area contributed by atoms with Gasteiger partial charge in [0.05, 0.1) is 7.11 Å². The first-order chi connectivity index (χ1) is 9.67. The summed E-state index contributed by atoms with van der Waals surface area (Å²) in [7, 11) is 1.34. The maximum absolute atomic E-state index is 11.9. The van der Waals surface area contributed by atoms with E-state index in [2.05, 4.69) is 5.32 Å². The number of benzene rings is 1. The zero-order valence-electron chi connectivity index (χ0n) is 12.2. The lowest BCUT2D eigenvalue weighted by atomic mass is 10.1. The Labute approximate surface area is 120 Å². The molecule has 0 heterocycles. The number of amides is 1. The predicted molar refractivity (Wildman–Crippen MR) is 78.2 cm³/mol. The minimum atomic E-state index is -0.525. The van der Waals surface area contributed by atoms with Crippen LogP contribution in [0.4, 0.5) is 0 Å². The Morgan fingerprint density at radius 1 is 1.25 bits per heavy atom. The molecule has 20 heavy (non-hydrogen) atoms. The highest BCUT2D eigenvalue weighted by atomic mass is 16.5. The number of methoxy groups -OCH3 is 1. The number of esters is 1. The van der Waals surface area contributed by atoms with Crippen LogP contribution in [-0.4, -0.2) is 25.0 Å². The molecule has 0 aromatic heterocycles. The third-order valence-corrected chi connectivity index (χ3v) is 3.15. The Morgan fingerprint density at radius 2 is 1.95 bits per heavy atom. The summed E-state index contributed by atoms with van der Waals surface area (Å²) in [6.45, 7) is 2.05. The highest BCUT2D eigenvalue weighted by Gasteiger charge is 2.20. The van der Waals surface area contributed by atoms with Gasteiger partial charge in [0, 0.05) is 6.42 Å². The average molecular weight is 277 g/mol. The molecule has 0 spiro atoms. The van der Waals surface area contributed by atoms with E-state index in [1.807, 2.05) is 37.3 Å². The van der Waals surface area contributed by atoms with Crippen molar-refractivity contribution >= 4 is 11.9 Å². The van der Waals surface area contributed by atoms with Gasteiger partial charge in [-0.2, -0.15) is 0 Å². The number of rotatable bonds is 8. The number of ether oxygens (including phenoxy) is 1. The van der Waals surface area contributed by atoms with E-state index in [0.29, 0.717) is 19.3 Å². The third-order valence-electron chi connectivity index (χ3n) is 3.15. The highest BCUT2D eigenvalue weighted by molar-refractivity contribution is 5.84.